The van der Waals surface area contributed by atoms with Crippen LogP contribution in [0.4, 0.5) is 0 Å². The van der Waals surface area contributed by atoms with Gasteiger partial charge in [0.2, 0.25) is 0 Å². The number of aliphatic hydroxyl groups excluding tert-OH is 1. The number of hydrogen-bond acceptors (Lipinski definition) is 1. The Hall–Kier alpha value is -0.300. The van der Waals surface area contributed by atoms with Gasteiger partial charge in [0.05, 0.1) is 6.61 Å². The first kappa shape index (κ1) is 9.70. The van der Waals surface area contributed by atoms with Gasteiger partial charge in [-0.3, -0.25) is 0 Å². The molecule has 0 saturated heterocycles. The molecule has 0 heterocycles. The Kier molecular flexibility index (Phi) is 4.37. The van der Waals surface area contributed by atoms with Crippen molar-refractivity contribution in [2.24, 2.45) is 11.8 Å². The van der Waals surface area contributed by atoms with Crippen molar-refractivity contribution in [1.29, 1.82) is 0 Å². The van der Waals surface area contributed by atoms with Gasteiger partial charge in [-0.15, -0.1) is 0 Å². The van der Waals surface area contributed by atoms with E-state index in [2.05, 4.69) is 33.8 Å². The molecule has 0 atom stereocenters. The molecular weight excluding hydrogens is 124 g/mol. The van der Waals surface area contributed by atoms with E-state index in [0.717, 1.165) is 5.57 Å². The minimum Gasteiger partial charge on any atom is -0.392 e. The second-order valence-corrected chi connectivity index (χ2v) is 3.30. The highest BCUT2D eigenvalue weighted by atomic mass is 16.3. The molecule has 0 aliphatic rings. The fourth-order valence-corrected chi connectivity index (χ4v) is 0.856. The molecule has 60 valence electrons. The highest BCUT2D eigenvalue weighted by molar-refractivity contribution is 5.05. The van der Waals surface area contributed by atoms with Crippen LogP contribution in [0.5, 0.6) is 0 Å². The molecule has 0 fully saturated rings. The first-order valence-corrected chi connectivity index (χ1v) is 3.89. The summed E-state index contributed by atoms with van der Waals surface area (Å²) in [5.74, 6) is 1.02. The maximum absolute atomic E-state index is 8.88. The van der Waals surface area contributed by atoms with Gasteiger partial charge >= 0.3 is 0 Å². The van der Waals surface area contributed by atoms with E-state index in [1.807, 2.05) is 0 Å². The van der Waals surface area contributed by atoms with Crippen molar-refractivity contribution in [2.45, 2.75) is 27.7 Å². The van der Waals surface area contributed by atoms with Gasteiger partial charge in [0.25, 0.3) is 0 Å². The maximum Gasteiger partial charge on any atom is 0.0644 e. The average Bonchev–Trinajstić information content (AvgIpc) is 1.81. The van der Waals surface area contributed by atoms with Crippen molar-refractivity contribution >= 4 is 0 Å². The summed E-state index contributed by atoms with van der Waals surface area (Å²) in [6, 6.07) is 0. The Labute approximate surface area is 63.8 Å². The monoisotopic (exact) mass is 142 g/mol. The summed E-state index contributed by atoms with van der Waals surface area (Å²) >= 11 is 0. The number of hydrogen-bond donors (Lipinski definition) is 1. The van der Waals surface area contributed by atoms with Crippen LogP contribution in [-0.2, 0) is 0 Å². The normalized spacial score (nSPS) is 13.3. The summed E-state index contributed by atoms with van der Waals surface area (Å²) < 4.78 is 0. The van der Waals surface area contributed by atoms with Crippen molar-refractivity contribution in [3.8, 4) is 0 Å². The third-order valence-electron chi connectivity index (χ3n) is 1.47. The lowest BCUT2D eigenvalue weighted by Gasteiger charge is -2.08. The summed E-state index contributed by atoms with van der Waals surface area (Å²) in [5.41, 5.74) is 1.15. The molecule has 0 spiro atoms. The molecule has 0 amide bonds. The molecule has 0 rings (SSSR count). The first-order chi connectivity index (χ1) is 4.57. The molecule has 1 heteroatoms. The largest absolute Gasteiger partial charge is 0.392 e. The van der Waals surface area contributed by atoms with E-state index in [-0.39, 0.29) is 6.61 Å². The quantitative estimate of drug-likeness (QED) is 0.599. The van der Waals surface area contributed by atoms with Crippen molar-refractivity contribution < 1.29 is 5.11 Å². The molecule has 0 aromatic carbocycles. The van der Waals surface area contributed by atoms with Crippen LogP contribution >= 0.6 is 0 Å². The summed E-state index contributed by atoms with van der Waals surface area (Å²) in [5, 5.41) is 8.88. The molecule has 10 heavy (non-hydrogen) atoms. The summed E-state index contributed by atoms with van der Waals surface area (Å²) in [6.07, 6.45) is 2.13. The Morgan fingerprint density at radius 2 is 1.80 bits per heavy atom. The zero-order valence-electron chi connectivity index (χ0n) is 7.39. The smallest absolute Gasteiger partial charge is 0.0644 e. The molecule has 0 saturated carbocycles. The molecule has 0 aliphatic heterocycles. The Balaban J connectivity index is 4.04. The summed E-state index contributed by atoms with van der Waals surface area (Å²) in [7, 11) is 0. The molecule has 0 aromatic rings. The third-order valence-corrected chi connectivity index (χ3v) is 1.47. The van der Waals surface area contributed by atoms with Gasteiger partial charge in [-0.1, -0.05) is 33.8 Å². The van der Waals surface area contributed by atoms with E-state index in [1.54, 1.807) is 0 Å². The number of aliphatic hydroxyl groups is 1. The first-order valence-electron chi connectivity index (χ1n) is 3.89. The predicted octanol–water partition coefficient (Wildman–Crippen LogP) is 2.22. The Bertz CT molecular complexity index is 112. The minimum absolute atomic E-state index is 0.204. The molecule has 0 radical (unpaired) electrons. The van der Waals surface area contributed by atoms with Crippen LogP contribution in [-0.4, -0.2) is 11.7 Å². The molecule has 0 aromatic heterocycles. The van der Waals surface area contributed by atoms with E-state index in [9.17, 15) is 0 Å². The van der Waals surface area contributed by atoms with Gasteiger partial charge in [0, 0.05) is 0 Å². The van der Waals surface area contributed by atoms with Crippen molar-refractivity contribution in [3.63, 3.8) is 0 Å². The summed E-state index contributed by atoms with van der Waals surface area (Å²) in [4.78, 5) is 0. The maximum atomic E-state index is 8.88. The Morgan fingerprint density at radius 1 is 1.30 bits per heavy atom. The average molecular weight is 142 g/mol. The lowest BCUT2D eigenvalue weighted by Crippen LogP contribution is -2.00. The predicted molar refractivity (Wildman–Crippen MR) is 44.8 cm³/mol. The van der Waals surface area contributed by atoms with Crippen LogP contribution in [0.25, 0.3) is 0 Å². The van der Waals surface area contributed by atoms with E-state index >= 15 is 0 Å². The fourth-order valence-electron chi connectivity index (χ4n) is 0.856. The van der Waals surface area contributed by atoms with Crippen molar-refractivity contribution in [2.75, 3.05) is 6.61 Å². The topological polar surface area (TPSA) is 20.2 Å². The lowest BCUT2D eigenvalue weighted by atomic mass is 10.0. The number of rotatable bonds is 3. The number of allylic oxidation sites excluding steroid dienone is 1. The summed E-state index contributed by atoms with van der Waals surface area (Å²) in [6.45, 7) is 8.65. The van der Waals surface area contributed by atoms with Gasteiger partial charge < -0.3 is 5.11 Å². The van der Waals surface area contributed by atoms with E-state index < -0.39 is 0 Å². The second kappa shape index (κ2) is 4.51. The van der Waals surface area contributed by atoms with Crippen LogP contribution in [0.3, 0.4) is 0 Å². The van der Waals surface area contributed by atoms with Gasteiger partial charge in [-0.25, -0.2) is 0 Å². The SMILES string of the molecule is CC(C)/C=C(/CO)C(C)C. The third kappa shape index (κ3) is 3.67. The van der Waals surface area contributed by atoms with Crippen LogP contribution in [0.2, 0.25) is 0 Å². The molecule has 0 unspecified atom stereocenters. The lowest BCUT2D eigenvalue weighted by molar-refractivity contribution is 0.317. The highest BCUT2D eigenvalue weighted by Crippen LogP contribution is 2.11. The van der Waals surface area contributed by atoms with Gasteiger partial charge in [-0.2, -0.15) is 0 Å². The van der Waals surface area contributed by atoms with Gasteiger partial charge in [0.15, 0.2) is 0 Å². The molecule has 1 N–H and O–H groups in total. The van der Waals surface area contributed by atoms with Gasteiger partial charge in [0.1, 0.15) is 0 Å². The standard InChI is InChI=1S/C9H18O/c1-7(2)5-9(6-10)8(3)4/h5,7-8,10H,6H2,1-4H3/b9-5-. The molecule has 1 nitrogen and oxygen atoms in total. The zero-order valence-corrected chi connectivity index (χ0v) is 7.39. The second-order valence-electron chi connectivity index (χ2n) is 3.30. The van der Waals surface area contributed by atoms with Crippen LogP contribution in [0.1, 0.15) is 27.7 Å². The van der Waals surface area contributed by atoms with E-state index in [4.69, 9.17) is 5.11 Å². The van der Waals surface area contributed by atoms with Crippen LogP contribution in [0, 0.1) is 11.8 Å². The Morgan fingerprint density at radius 3 is 1.90 bits per heavy atom. The van der Waals surface area contributed by atoms with Gasteiger partial charge in [-0.05, 0) is 17.4 Å². The van der Waals surface area contributed by atoms with Crippen molar-refractivity contribution in [3.05, 3.63) is 11.6 Å². The van der Waals surface area contributed by atoms with Crippen LogP contribution < -0.4 is 0 Å². The van der Waals surface area contributed by atoms with E-state index in [0.29, 0.717) is 11.8 Å². The molecule has 0 aliphatic carbocycles. The van der Waals surface area contributed by atoms with E-state index in [1.165, 1.54) is 0 Å². The minimum atomic E-state index is 0.204. The molecule has 0 bridgehead atoms. The fraction of sp³-hybridized carbons (Fsp3) is 0.778. The van der Waals surface area contributed by atoms with Crippen molar-refractivity contribution in [1.82, 2.24) is 0 Å². The van der Waals surface area contributed by atoms with Crippen LogP contribution in [0.15, 0.2) is 11.6 Å². The molecular formula is C9H18O. The highest BCUT2D eigenvalue weighted by Gasteiger charge is 2.01. The zero-order chi connectivity index (χ0) is 8.15.